The van der Waals surface area contributed by atoms with Crippen LogP contribution in [0, 0.1) is 17.1 Å². The molecule has 0 spiro atoms. The summed E-state index contributed by atoms with van der Waals surface area (Å²) in [4.78, 5) is 66.3. The molecule has 8 aromatic carbocycles. The van der Waals surface area contributed by atoms with E-state index in [0.717, 1.165) is 150 Å². The molecule has 4 aliphatic rings. The van der Waals surface area contributed by atoms with Crippen molar-refractivity contribution in [2.45, 2.75) is 179 Å². The summed E-state index contributed by atoms with van der Waals surface area (Å²) in [5.41, 5.74) is 12.9. The number of rotatable bonds is 20. The Hall–Kier alpha value is -9.55. The Morgan fingerprint density at radius 3 is 0.955 bits per heavy atom. The maximum atomic E-state index is 13.7. The molecule has 5 heterocycles. The summed E-state index contributed by atoms with van der Waals surface area (Å²) in [7, 11) is 9.05. The van der Waals surface area contributed by atoms with E-state index < -0.39 is 0 Å². The lowest BCUT2D eigenvalue weighted by atomic mass is 9.94. The molecule has 0 saturated heterocycles. The zero-order chi connectivity index (χ0) is 94.6. The van der Waals surface area contributed by atoms with Crippen LogP contribution in [-0.4, -0.2) is 170 Å². The molecule has 17 rings (SSSR count). The standard InChI is InChI=1S/C26H27Cl2N7O2.C25H24Cl2N4O.C24H24BrCl2N3O2.C24H24Cl2IN3O2/c1-33(19-6-4-3-5-7-19)26(37)23-20(15-36)24(35(30-23)22-13-12-18(27)14-21(22)28)16-8-10-17(11-9-16)25-29-32-34(2)31-25;1-16-23(25(32)30(3)20-7-5-4-6-8-20)29-31(22-14-11-18(26)15-21(22)27)24(16)17-9-12-19(28-2)13-10-17;1-29(18-5-3-2-4-6-18)24(32)22-19(14-31)23(15-7-9-16(25)10-8-15)30(28-22)21-12-11-17(26)13-20(21)27;1-29(18-5-3-2-4-6-18)24(32)22-19(14-31)23(15-7-10-17(27)11-8-15)30(28-22)21-12-9-16(25)13-20(21)26/h8-14,19,36H,3-7,15H2,1-2H3;9-15,20H,4-8H2,1,3H3;2*7-13,18,31H,2-6,14H2,1H3. The first kappa shape index (κ1) is 99.4. The molecule has 13 aromatic rings. The fourth-order valence-corrected chi connectivity index (χ4v) is 20.4. The maximum Gasteiger partial charge on any atom is 0.274 e. The molecular weight excluding hydrogens is 2030 g/mol. The van der Waals surface area contributed by atoms with Gasteiger partial charge in [-0.25, -0.2) is 23.6 Å². The number of hydrogen-bond donors (Lipinski definition) is 3. The van der Waals surface area contributed by atoms with Gasteiger partial charge in [0.2, 0.25) is 5.82 Å². The Balaban J connectivity index is 0.000000143. The Morgan fingerprint density at radius 1 is 0.391 bits per heavy atom. The highest BCUT2D eigenvalue weighted by Crippen LogP contribution is 2.42. The van der Waals surface area contributed by atoms with Gasteiger partial charge in [-0.1, -0.05) is 259 Å². The number of aliphatic hydroxyl groups excluding tert-OH is 3. The number of aliphatic hydroxyl groups is 3. The number of amides is 4. The molecule has 0 aliphatic heterocycles. The van der Waals surface area contributed by atoms with Gasteiger partial charge in [0.1, 0.15) is 0 Å². The van der Waals surface area contributed by atoms with Crippen LogP contribution in [0.5, 0.6) is 0 Å². The zero-order valence-electron chi connectivity index (χ0n) is 74.1. The van der Waals surface area contributed by atoms with Gasteiger partial charge in [0.05, 0.1) is 99.1 Å². The van der Waals surface area contributed by atoms with Gasteiger partial charge in [0.15, 0.2) is 28.5 Å². The highest BCUT2D eigenvalue weighted by Gasteiger charge is 2.37. The van der Waals surface area contributed by atoms with Gasteiger partial charge in [0, 0.05) is 125 Å². The third-order valence-corrected chi connectivity index (χ3v) is 28.5. The average molecular weight is 2130 g/mol. The summed E-state index contributed by atoms with van der Waals surface area (Å²) < 4.78 is 8.62. The van der Waals surface area contributed by atoms with Crippen LogP contribution >= 0.6 is 131 Å². The molecule has 0 unspecified atom stereocenters. The molecule has 0 radical (unpaired) electrons. The van der Waals surface area contributed by atoms with Crippen molar-refractivity contribution in [2.24, 2.45) is 7.05 Å². The number of halogens is 10. The van der Waals surface area contributed by atoms with Crippen LogP contribution < -0.4 is 0 Å². The van der Waals surface area contributed by atoms with Gasteiger partial charge in [-0.15, -0.1) is 10.2 Å². The fraction of sp³-hybridized carbons (Fsp3) is 0.333. The Labute approximate surface area is 835 Å². The number of nitrogens with zero attached hydrogens (tertiary/aromatic N) is 17. The number of carbonyl (C=O) groups excluding carboxylic acids is 4. The monoisotopic (exact) mass is 2120 g/mol. The van der Waals surface area contributed by atoms with Crippen LogP contribution in [0.1, 0.15) is 193 Å². The molecule has 133 heavy (non-hydrogen) atoms. The quantitative estimate of drug-likeness (QED) is 0.0473. The number of hydrogen-bond acceptors (Lipinski definition) is 14. The van der Waals surface area contributed by atoms with Crippen LogP contribution in [-0.2, 0) is 26.9 Å². The summed E-state index contributed by atoms with van der Waals surface area (Å²) >= 11 is 56.3. The fourth-order valence-electron chi connectivity index (χ4n) is 17.8. The van der Waals surface area contributed by atoms with E-state index >= 15 is 0 Å². The minimum Gasteiger partial charge on any atom is -0.392 e. The Bertz CT molecular complexity index is 6220. The summed E-state index contributed by atoms with van der Waals surface area (Å²) in [6, 6.07) is 51.6. The first-order valence-corrected chi connectivity index (χ1v) is 49.0. The second-order valence-electron chi connectivity index (χ2n) is 33.5. The van der Waals surface area contributed by atoms with Gasteiger partial charge < -0.3 is 34.9 Å². The van der Waals surface area contributed by atoms with E-state index in [9.17, 15) is 34.5 Å². The molecular formula is C99H99BrCl8IN17O7. The summed E-state index contributed by atoms with van der Waals surface area (Å²) in [5, 5.41) is 65.9. The van der Waals surface area contributed by atoms with Gasteiger partial charge >= 0.3 is 0 Å². The number of aromatic nitrogens is 12. The Morgan fingerprint density at radius 2 is 0.662 bits per heavy atom. The van der Waals surface area contributed by atoms with Gasteiger partial charge in [-0.2, -0.15) is 25.2 Å². The minimum atomic E-state index is -0.367. The molecule has 4 amide bonds. The lowest BCUT2D eigenvalue weighted by molar-refractivity contribution is 0.0679. The lowest BCUT2D eigenvalue weighted by Gasteiger charge is -2.30. The van der Waals surface area contributed by atoms with Gasteiger partial charge in [0.25, 0.3) is 23.6 Å². The van der Waals surface area contributed by atoms with E-state index in [1.165, 1.54) is 30.5 Å². The second-order valence-corrected chi connectivity index (χ2v) is 39.1. The summed E-state index contributed by atoms with van der Waals surface area (Å²) in [6.07, 6.45) is 21.7. The van der Waals surface area contributed by atoms with Crippen molar-refractivity contribution in [3.63, 3.8) is 0 Å². The number of aryl methyl sites for hydroxylation is 1. The summed E-state index contributed by atoms with van der Waals surface area (Å²) in [5.74, 6) is -0.186. The topological polar surface area (TPSA) is 261 Å². The number of tetrazole rings is 1. The smallest absolute Gasteiger partial charge is 0.274 e. The molecule has 5 aromatic heterocycles. The van der Waals surface area contributed by atoms with E-state index in [1.54, 1.807) is 125 Å². The van der Waals surface area contributed by atoms with E-state index in [0.29, 0.717) is 114 Å². The van der Waals surface area contributed by atoms with Crippen LogP contribution in [0.4, 0.5) is 5.69 Å². The van der Waals surface area contributed by atoms with Crippen molar-refractivity contribution < 1.29 is 34.5 Å². The largest absolute Gasteiger partial charge is 0.392 e. The van der Waals surface area contributed by atoms with Crippen molar-refractivity contribution >= 4 is 161 Å². The molecule has 4 fully saturated rings. The SMILES string of the molecule is CN(C(=O)c1nn(-c2ccc(Cl)cc2Cl)c(-c2ccc(-c3nnn(C)n3)cc2)c1CO)C1CCCCC1.CN(C(=O)c1nn(-c2ccc(Cl)cc2Cl)c(-c2ccc(Br)cc2)c1CO)C1CCCCC1.CN(C(=O)c1nn(-c2ccc(Cl)cc2Cl)c(-c2ccc(I)cc2)c1CO)C1CCCCC1.[C-]#[N+]c1ccc(-c2c(C)c(C(=O)N(C)C3CCCCC3)nn2-c2ccc(Cl)cc2Cl)cc1. The minimum absolute atomic E-state index is 0.0859. The van der Waals surface area contributed by atoms with Crippen LogP contribution in [0.25, 0.3) is 84.0 Å². The molecule has 4 saturated carbocycles. The molecule has 4 aliphatic carbocycles. The molecule has 0 atom stereocenters. The van der Waals surface area contributed by atoms with E-state index in [-0.39, 0.29) is 84.7 Å². The molecule has 34 heteroatoms. The molecule has 0 bridgehead atoms. The predicted molar refractivity (Wildman–Crippen MR) is 539 cm³/mol. The van der Waals surface area contributed by atoms with E-state index in [1.807, 2.05) is 125 Å². The third kappa shape index (κ3) is 22.7. The van der Waals surface area contributed by atoms with Crippen molar-refractivity contribution in [3.8, 4) is 79.2 Å². The average Bonchev–Trinajstić information content (AvgIpc) is 1.62. The maximum absolute atomic E-state index is 13.7. The van der Waals surface area contributed by atoms with Gasteiger partial charge in [-0.3, -0.25) is 19.2 Å². The van der Waals surface area contributed by atoms with Crippen LogP contribution in [0.2, 0.25) is 40.2 Å². The highest BCUT2D eigenvalue weighted by atomic mass is 127. The first-order valence-electron chi connectivity index (χ1n) is 44.1. The van der Waals surface area contributed by atoms with E-state index in [2.05, 4.69) is 63.9 Å². The summed E-state index contributed by atoms with van der Waals surface area (Å²) in [6.45, 7) is 8.12. The van der Waals surface area contributed by atoms with Crippen molar-refractivity contribution in [2.75, 3.05) is 28.2 Å². The van der Waals surface area contributed by atoms with Crippen molar-refractivity contribution in [3.05, 3.63) is 275 Å². The Kier molecular flexibility index (Phi) is 33.9. The molecule has 24 nitrogen and oxygen atoms in total. The second kappa shape index (κ2) is 45.4. The highest BCUT2D eigenvalue weighted by molar-refractivity contribution is 14.1. The third-order valence-electron chi connectivity index (χ3n) is 25.1. The first-order chi connectivity index (χ1) is 64.1. The zero-order valence-corrected chi connectivity index (χ0v) is 83.9. The van der Waals surface area contributed by atoms with Gasteiger partial charge in [-0.05, 0) is 189 Å². The van der Waals surface area contributed by atoms with Crippen molar-refractivity contribution in [1.29, 1.82) is 0 Å². The van der Waals surface area contributed by atoms with Crippen LogP contribution in [0.3, 0.4) is 0 Å². The number of benzene rings is 8. The van der Waals surface area contributed by atoms with Crippen molar-refractivity contribution in [1.82, 2.24) is 78.9 Å². The van der Waals surface area contributed by atoms with Crippen LogP contribution in [0.15, 0.2) is 174 Å². The normalized spacial score (nSPS) is 14.4. The number of carbonyl (C=O) groups is 4. The lowest BCUT2D eigenvalue weighted by Crippen LogP contribution is -2.38. The predicted octanol–water partition coefficient (Wildman–Crippen LogP) is 24.9. The van der Waals surface area contributed by atoms with E-state index in [4.69, 9.17) is 115 Å². The molecule has 692 valence electrons. The molecule has 3 N–H and O–H groups in total.